The van der Waals surface area contributed by atoms with Crippen LogP contribution in [0.3, 0.4) is 0 Å². The van der Waals surface area contributed by atoms with E-state index in [0.29, 0.717) is 5.92 Å². The van der Waals surface area contributed by atoms with Crippen molar-refractivity contribution in [3.05, 3.63) is 72.6 Å². The Morgan fingerprint density at radius 2 is 1.70 bits per heavy atom. The third kappa shape index (κ3) is 5.13. The fourth-order valence-electron chi connectivity index (χ4n) is 2.87. The molecular weight excluding hydrogens is 278 g/mol. The summed E-state index contributed by atoms with van der Waals surface area (Å²) in [6.45, 7) is 24.6. The predicted octanol–water partition coefficient (Wildman–Crippen LogP) is 6.55. The first-order valence-corrected chi connectivity index (χ1v) is 8.53. The molecule has 2 unspecified atom stereocenters. The van der Waals surface area contributed by atoms with Crippen molar-refractivity contribution in [2.24, 2.45) is 11.3 Å². The lowest BCUT2D eigenvalue weighted by Gasteiger charge is -2.40. The Balaban J connectivity index is 3.02. The molecule has 0 saturated carbocycles. The second-order valence-corrected chi connectivity index (χ2v) is 7.12. The number of nitrogens with zero attached hydrogens (tertiary/aromatic N) is 1. The zero-order chi connectivity index (χ0) is 17.6. The van der Waals surface area contributed by atoms with E-state index in [-0.39, 0.29) is 5.41 Å². The Labute approximate surface area is 143 Å². The Morgan fingerprint density at radius 3 is 2.13 bits per heavy atom. The van der Waals surface area contributed by atoms with E-state index in [1.807, 2.05) is 6.07 Å². The van der Waals surface area contributed by atoms with Gasteiger partial charge in [-0.3, -0.25) is 0 Å². The summed E-state index contributed by atoms with van der Waals surface area (Å²) in [5.74, 6) is 0.486. The van der Waals surface area contributed by atoms with Crippen LogP contribution in [-0.2, 0) is 6.54 Å². The Bertz CT molecular complexity index is 555. The molecular formula is C22H33N. The maximum Gasteiger partial charge on any atom is 0.0475 e. The molecule has 0 radical (unpaired) electrons. The van der Waals surface area contributed by atoms with Crippen molar-refractivity contribution in [2.75, 3.05) is 0 Å². The summed E-state index contributed by atoms with van der Waals surface area (Å²) in [5, 5.41) is 0. The molecule has 0 heterocycles. The molecule has 0 fully saturated rings. The second kappa shape index (κ2) is 8.19. The van der Waals surface area contributed by atoms with Gasteiger partial charge < -0.3 is 4.90 Å². The normalized spacial score (nSPS) is 14.7. The molecule has 1 heteroatoms. The fraction of sp³-hybridized carbons (Fsp3) is 0.455. The van der Waals surface area contributed by atoms with E-state index in [1.165, 1.54) is 11.1 Å². The van der Waals surface area contributed by atoms with Crippen molar-refractivity contribution >= 4 is 0 Å². The molecule has 1 rings (SSSR count). The van der Waals surface area contributed by atoms with E-state index in [2.05, 4.69) is 83.5 Å². The van der Waals surface area contributed by atoms with E-state index in [4.69, 9.17) is 0 Å². The van der Waals surface area contributed by atoms with Gasteiger partial charge in [-0.25, -0.2) is 0 Å². The van der Waals surface area contributed by atoms with Crippen molar-refractivity contribution in [1.82, 2.24) is 4.90 Å². The first-order chi connectivity index (χ1) is 10.7. The van der Waals surface area contributed by atoms with Crippen molar-refractivity contribution < 1.29 is 0 Å². The first kappa shape index (κ1) is 19.3. The van der Waals surface area contributed by atoms with Crippen LogP contribution in [0.5, 0.6) is 0 Å². The summed E-state index contributed by atoms with van der Waals surface area (Å²) < 4.78 is 0. The number of allylic oxidation sites excluding steroid dienone is 3. The molecule has 0 saturated heterocycles. The van der Waals surface area contributed by atoms with E-state index in [9.17, 15) is 0 Å². The molecule has 0 bridgehead atoms. The summed E-state index contributed by atoms with van der Waals surface area (Å²) in [7, 11) is 0. The Morgan fingerprint density at radius 1 is 1.13 bits per heavy atom. The quantitative estimate of drug-likeness (QED) is 0.467. The number of hydrogen-bond donors (Lipinski definition) is 0. The summed E-state index contributed by atoms with van der Waals surface area (Å²) in [6.07, 6.45) is 2.12. The second-order valence-electron chi connectivity index (χ2n) is 7.12. The fourth-order valence-corrected chi connectivity index (χ4v) is 2.87. The van der Waals surface area contributed by atoms with Gasteiger partial charge in [0.25, 0.3) is 0 Å². The maximum atomic E-state index is 4.46. The highest BCUT2D eigenvalue weighted by atomic mass is 15.1. The molecule has 126 valence electrons. The van der Waals surface area contributed by atoms with Crippen LogP contribution in [0.15, 0.2) is 67.0 Å². The van der Waals surface area contributed by atoms with Crippen LogP contribution >= 0.6 is 0 Å². The summed E-state index contributed by atoms with van der Waals surface area (Å²) in [4.78, 5) is 2.27. The lowest BCUT2D eigenvalue weighted by atomic mass is 9.75. The van der Waals surface area contributed by atoms with Crippen LogP contribution in [-0.4, -0.2) is 4.90 Å². The number of rotatable bonds is 9. The monoisotopic (exact) mass is 311 g/mol. The van der Waals surface area contributed by atoms with Gasteiger partial charge in [-0.1, -0.05) is 76.4 Å². The van der Waals surface area contributed by atoms with Gasteiger partial charge in [-0.15, -0.1) is 0 Å². The highest BCUT2D eigenvalue weighted by molar-refractivity contribution is 5.21. The lowest BCUT2D eigenvalue weighted by molar-refractivity contribution is 0.230. The molecule has 2 atom stereocenters. The van der Waals surface area contributed by atoms with Crippen molar-refractivity contribution in [3.63, 3.8) is 0 Å². The van der Waals surface area contributed by atoms with E-state index in [0.717, 1.165) is 30.8 Å². The van der Waals surface area contributed by atoms with Crippen LogP contribution in [0.2, 0.25) is 0 Å². The van der Waals surface area contributed by atoms with Crippen LogP contribution in [0.1, 0.15) is 53.0 Å². The van der Waals surface area contributed by atoms with Crippen LogP contribution in [0, 0.1) is 11.3 Å². The Kier molecular flexibility index (Phi) is 6.87. The van der Waals surface area contributed by atoms with Crippen molar-refractivity contribution in [1.29, 1.82) is 0 Å². The molecule has 1 aromatic carbocycles. The number of benzene rings is 1. The molecule has 0 spiro atoms. The van der Waals surface area contributed by atoms with Crippen LogP contribution in [0.4, 0.5) is 0 Å². The van der Waals surface area contributed by atoms with E-state index >= 15 is 0 Å². The summed E-state index contributed by atoms with van der Waals surface area (Å²) in [6, 6.07) is 10.5. The van der Waals surface area contributed by atoms with Gasteiger partial charge in [-0.05, 0) is 38.2 Å². The first-order valence-electron chi connectivity index (χ1n) is 8.53. The van der Waals surface area contributed by atoms with E-state index in [1.54, 1.807) is 0 Å². The molecule has 23 heavy (non-hydrogen) atoms. The Hall–Kier alpha value is -1.76. The van der Waals surface area contributed by atoms with Gasteiger partial charge in [0.1, 0.15) is 0 Å². The molecule has 0 aliphatic rings. The topological polar surface area (TPSA) is 3.24 Å². The maximum absolute atomic E-state index is 4.46. The zero-order valence-electron chi connectivity index (χ0n) is 15.7. The SMILES string of the molecule is C=C(C)C(C)CC(C)(CC)C(=C)N(Cc1ccccc1)C(=C)C. The lowest BCUT2D eigenvalue weighted by Crippen LogP contribution is -2.32. The minimum Gasteiger partial charge on any atom is -0.345 e. The summed E-state index contributed by atoms with van der Waals surface area (Å²) in [5.41, 5.74) is 4.77. The molecule has 1 aromatic rings. The minimum absolute atomic E-state index is 0.0477. The molecule has 0 aliphatic heterocycles. The molecule has 0 aliphatic carbocycles. The standard InChI is InChI=1S/C22H33N/c1-9-22(8,15-19(6)17(2)3)20(7)23(18(4)5)16-21-13-11-10-12-14-21/h10-14,19H,2,4,7,9,15-16H2,1,3,5-6,8H3. The largest absolute Gasteiger partial charge is 0.345 e. The highest BCUT2D eigenvalue weighted by Crippen LogP contribution is 2.41. The average molecular weight is 312 g/mol. The smallest absolute Gasteiger partial charge is 0.0475 e. The van der Waals surface area contributed by atoms with Crippen LogP contribution in [0.25, 0.3) is 0 Å². The zero-order valence-corrected chi connectivity index (χ0v) is 15.7. The van der Waals surface area contributed by atoms with Crippen molar-refractivity contribution in [2.45, 2.75) is 54.0 Å². The van der Waals surface area contributed by atoms with E-state index < -0.39 is 0 Å². The summed E-state index contributed by atoms with van der Waals surface area (Å²) >= 11 is 0. The average Bonchev–Trinajstić information content (AvgIpc) is 2.52. The van der Waals surface area contributed by atoms with Crippen LogP contribution < -0.4 is 0 Å². The number of hydrogen-bond acceptors (Lipinski definition) is 1. The van der Waals surface area contributed by atoms with Gasteiger partial charge in [0.2, 0.25) is 0 Å². The minimum atomic E-state index is 0.0477. The van der Waals surface area contributed by atoms with Gasteiger partial charge in [0.15, 0.2) is 0 Å². The van der Waals surface area contributed by atoms with Gasteiger partial charge in [-0.2, -0.15) is 0 Å². The van der Waals surface area contributed by atoms with Gasteiger partial charge in [0, 0.05) is 23.4 Å². The van der Waals surface area contributed by atoms with Gasteiger partial charge >= 0.3 is 0 Å². The van der Waals surface area contributed by atoms with Crippen molar-refractivity contribution in [3.8, 4) is 0 Å². The third-order valence-corrected chi connectivity index (χ3v) is 5.05. The molecule has 0 amide bonds. The molecule has 1 nitrogen and oxygen atoms in total. The third-order valence-electron chi connectivity index (χ3n) is 5.05. The van der Waals surface area contributed by atoms with Gasteiger partial charge in [0.05, 0.1) is 0 Å². The molecule has 0 N–H and O–H groups in total. The predicted molar refractivity (Wildman–Crippen MR) is 103 cm³/mol. The molecule has 0 aromatic heterocycles. The highest BCUT2D eigenvalue weighted by Gasteiger charge is 2.31.